The maximum Gasteiger partial charge on any atom is 0.319 e. The van der Waals surface area contributed by atoms with Gasteiger partial charge in [-0.25, -0.2) is 4.79 Å². The van der Waals surface area contributed by atoms with Crippen molar-refractivity contribution in [3.05, 3.63) is 53.2 Å². The number of piperidine rings is 1. The van der Waals surface area contributed by atoms with Gasteiger partial charge in [-0.05, 0) is 76.0 Å². The molecule has 1 aromatic heterocycles. The molecule has 2 fully saturated rings. The van der Waals surface area contributed by atoms with Gasteiger partial charge < -0.3 is 30.3 Å². The van der Waals surface area contributed by atoms with Crippen LogP contribution in [-0.4, -0.2) is 61.7 Å². The molecule has 1 saturated heterocycles. The highest BCUT2D eigenvalue weighted by Gasteiger charge is 2.24. The standard InChI is InChI=1S/C28H32ClN5O4/c1-30-27(35)21-14-20-24(15-26(21)37-16-17-8-11-34(2)12-9-17)31-10-7-25(20)38-19-5-6-23(22(29)13-19)33-28(36)32-18-3-4-18/h5-7,10,13-15,17-18H,3-4,8-9,11-12,16H2,1-2H3,(H,30,35)(H2,32,33,36). The molecule has 0 unspecified atom stereocenters. The maximum absolute atomic E-state index is 12.8. The minimum atomic E-state index is -0.279. The number of carbonyl (C=O) groups excluding carboxylic acids is 2. The minimum absolute atomic E-state index is 0.247. The number of urea groups is 1. The van der Waals surface area contributed by atoms with Crippen LogP contribution in [0.5, 0.6) is 17.2 Å². The summed E-state index contributed by atoms with van der Waals surface area (Å²) < 4.78 is 12.3. The second-order valence-electron chi connectivity index (χ2n) is 9.93. The van der Waals surface area contributed by atoms with Gasteiger partial charge in [-0.1, -0.05) is 11.6 Å². The van der Waals surface area contributed by atoms with E-state index < -0.39 is 0 Å². The van der Waals surface area contributed by atoms with E-state index in [9.17, 15) is 9.59 Å². The number of halogens is 1. The fourth-order valence-electron chi connectivity index (χ4n) is 4.46. The number of rotatable bonds is 8. The van der Waals surface area contributed by atoms with Gasteiger partial charge >= 0.3 is 6.03 Å². The predicted molar refractivity (Wildman–Crippen MR) is 148 cm³/mol. The van der Waals surface area contributed by atoms with Crippen LogP contribution in [0.25, 0.3) is 10.9 Å². The van der Waals surface area contributed by atoms with Crippen molar-refractivity contribution in [2.45, 2.75) is 31.7 Å². The van der Waals surface area contributed by atoms with Crippen molar-refractivity contribution in [1.82, 2.24) is 20.5 Å². The van der Waals surface area contributed by atoms with Gasteiger partial charge in [-0.2, -0.15) is 0 Å². The predicted octanol–water partition coefficient (Wildman–Crippen LogP) is 5.04. The molecule has 10 heteroatoms. The first-order valence-corrected chi connectivity index (χ1v) is 13.3. The fraction of sp³-hybridized carbons (Fsp3) is 0.393. The number of benzene rings is 2. The normalized spacial score (nSPS) is 16.2. The molecule has 200 valence electrons. The first-order valence-electron chi connectivity index (χ1n) is 12.9. The van der Waals surface area contributed by atoms with Gasteiger partial charge in [0.1, 0.15) is 17.2 Å². The van der Waals surface area contributed by atoms with E-state index in [4.69, 9.17) is 21.1 Å². The number of nitrogens with one attached hydrogen (secondary N) is 3. The number of aromatic nitrogens is 1. The molecule has 38 heavy (non-hydrogen) atoms. The third-order valence-electron chi connectivity index (χ3n) is 6.92. The Labute approximate surface area is 226 Å². The average molecular weight is 538 g/mol. The molecule has 3 amide bonds. The zero-order chi connectivity index (χ0) is 26.6. The number of fused-ring (bicyclic) bond motifs is 1. The van der Waals surface area contributed by atoms with E-state index in [2.05, 4.69) is 32.9 Å². The molecule has 1 aliphatic carbocycles. The average Bonchev–Trinajstić information content (AvgIpc) is 3.73. The second kappa shape index (κ2) is 11.4. The smallest absolute Gasteiger partial charge is 0.319 e. The van der Waals surface area contributed by atoms with Crippen LogP contribution < -0.4 is 25.4 Å². The summed E-state index contributed by atoms with van der Waals surface area (Å²) in [6, 6.07) is 10.3. The molecule has 3 aromatic rings. The lowest BCUT2D eigenvalue weighted by Gasteiger charge is -2.29. The Morgan fingerprint density at radius 3 is 2.58 bits per heavy atom. The summed E-state index contributed by atoms with van der Waals surface area (Å²) in [7, 11) is 3.72. The van der Waals surface area contributed by atoms with E-state index in [0.717, 1.165) is 38.8 Å². The van der Waals surface area contributed by atoms with Crippen molar-refractivity contribution < 1.29 is 19.1 Å². The maximum atomic E-state index is 12.8. The number of likely N-dealkylation sites (tertiary alicyclic amines) is 1. The lowest BCUT2D eigenvalue weighted by Crippen LogP contribution is -2.32. The lowest BCUT2D eigenvalue weighted by atomic mass is 9.98. The molecule has 0 atom stereocenters. The Kier molecular flexibility index (Phi) is 7.85. The molecule has 3 N–H and O–H groups in total. The molecule has 2 aliphatic rings. The molecule has 0 spiro atoms. The first-order chi connectivity index (χ1) is 18.4. The van der Waals surface area contributed by atoms with Crippen LogP contribution >= 0.6 is 11.6 Å². The van der Waals surface area contributed by atoms with Gasteiger partial charge in [0.15, 0.2) is 0 Å². The minimum Gasteiger partial charge on any atom is -0.492 e. The fourth-order valence-corrected chi connectivity index (χ4v) is 4.68. The Balaban J connectivity index is 1.36. The molecule has 5 rings (SSSR count). The van der Waals surface area contributed by atoms with Gasteiger partial charge in [-0.15, -0.1) is 0 Å². The number of hydrogen-bond donors (Lipinski definition) is 3. The molecule has 1 aliphatic heterocycles. The van der Waals surface area contributed by atoms with Crippen molar-refractivity contribution in [3.63, 3.8) is 0 Å². The number of amides is 3. The number of anilines is 1. The van der Waals surface area contributed by atoms with Crippen molar-refractivity contribution >= 4 is 40.1 Å². The van der Waals surface area contributed by atoms with Crippen molar-refractivity contribution in [2.24, 2.45) is 5.92 Å². The summed E-state index contributed by atoms with van der Waals surface area (Å²) in [5.74, 6) is 1.71. The Bertz CT molecular complexity index is 1340. The lowest BCUT2D eigenvalue weighted by molar-refractivity contribution is 0.0956. The molecule has 0 radical (unpaired) electrons. The van der Waals surface area contributed by atoms with Crippen LogP contribution in [0.3, 0.4) is 0 Å². The molecular formula is C28H32ClN5O4. The quantitative estimate of drug-likeness (QED) is 0.371. The zero-order valence-corrected chi connectivity index (χ0v) is 22.3. The van der Waals surface area contributed by atoms with Crippen LogP contribution in [0.1, 0.15) is 36.0 Å². The highest BCUT2D eigenvalue weighted by atomic mass is 35.5. The Morgan fingerprint density at radius 2 is 1.87 bits per heavy atom. The molecule has 9 nitrogen and oxygen atoms in total. The van der Waals surface area contributed by atoms with E-state index >= 15 is 0 Å². The summed E-state index contributed by atoms with van der Waals surface area (Å²) in [5.41, 5.74) is 1.56. The molecule has 2 aromatic carbocycles. The van der Waals surface area contributed by atoms with E-state index in [-0.39, 0.29) is 18.0 Å². The van der Waals surface area contributed by atoms with E-state index in [1.54, 1.807) is 49.6 Å². The topological polar surface area (TPSA) is 105 Å². The highest BCUT2D eigenvalue weighted by molar-refractivity contribution is 6.33. The Hall–Kier alpha value is -3.56. The van der Waals surface area contributed by atoms with E-state index in [0.29, 0.717) is 56.9 Å². The highest BCUT2D eigenvalue weighted by Crippen LogP contribution is 2.36. The largest absolute Gasteiger partial charge is 0.492 e. The van der Waals surface area contributed by atoms with Crippen LogP contribution in [0, 0.1) is 5.92 Å². The number of nitrogens with zero attached hydrogens (tertiary/aromatic N) is 2. The van der Waals surface area contributed by atoms with Crippen LogP contribution in [-0.2, 0) is 0 Å². The summed E-state index contributed by atoms with van der Waals surface area (Å²) in [6.45, 7) is 2.65. The van der Waals surface area contributed by atoms with E-state index in [1.807, 2.05) is 0 Å². The van der Waals surface area contributed by atoms with Gasteiger partial charge in [0.25, 0.3) is 5.91 Å². The Morgan fingerprint density at radius 1 is 1.08 bits per heavy atom. The number of ether oxygens (including phenoxy) is 2. The van der Waals surface area contributed by atoms with Crippen LogP contribution in [0.4, 0.5) is 10.5 Å². The van der Waals surface area contributed by atoms with Crippen molar-refractivity contribution in [2.75, 3.05) is 39.1 Å². The first kappa shape index (κ1) is 26.1. The second-order valence-corrected chi connectivity index (χ2v) is 10.3. The van der Waals surface area contributed by atoms with Crippen molar-refractivity contribution in [1.29, 1.82) is 0 Å². The van der Waals surface area contributed by atoms with E-state index in [1.165, 1.54) is 0 Å². The molecule has 0 bridgehead atoms. The monoisotopic (exact) mass is 537 g/mol. The third kappa shape index (κ3) is 6.28. The molecule has 1 saturated carbocycles. The van der Waals surface area contributed by atoms with Gasteiger partial charge in [0, 0.05) is 36.8 Å². The molecular weight excluding hydrogens is 506 g/mol. The van der Waals surface area contributed by atoms with Gasteiger partial charge in [-0.3, -0.25) is 9.78 Å². The van der Waals surface area contributed by atoms with Gasteiger partial charge in [0.05, 0.1) is 28.4 Å². The summed E-state index contributed by atoms with van der Waals surface area (Å²) in [5, 5.41) is 9.35. The van der Waals surface area contributed by atoms with Gasteiger partial charge in [0.2, 0.25) is 0 Å². The number of hydrogen-bond acceptors (Lipinski definition) is 6. The summed E-state index contributed by atoms with van der Waals surface area (Å²) >= 11 is 6.42. The van der Waals surface area contributed by atoms with Crippen LogP contribution in [0.15, 0.2) is 42.6 Å². The SMILES string of the molecule is CNC(=O)c1cc2c(Oc3ccc(NC(=O)NC4CC4)c(Cl)c3)ccnc2cc1OCC1CCN(C)CC1. The molecule has 2 heterocycles. The van der Waals surface area contributed by atoms with Crippen molar-refractivity contribution in [3.8, 4) is 17.2 Å². The summed E-state index contributed by atoms with van der Waals surface area (Å²) in [6.07, 6.45) is 5.79. The third-order valence-corrected chi connectivity index (χ3v) is 7.23. The van der Waals surface area contributed by atoms with Crippen LogP contribution in [0.2, 0.25) is 5.02 Å². The number of pyridine rings is 1. The number of carbonyl (C=O) groups is 2. The zero-order valence-electron chi connectivity index (χ0n) is 21.6. The summed E-state index contributed by atoms with van der Waals surface area (Å²) in [4.78, 5) is 31.6.